The van der Waals surface area contributed by atoms with Gasteiger partial charge < -0.3 is 0 Å². The first kappa shape index (κ1) is 13.7. The van der Waals surface area contributed by atoms with E-state index < -0.39 is 20.7 Å². The third-order valence-electron chi connectivity index (χ3n) is 1.98. The molecule has 0 heterocycles. The summed E-state index contributed by atoms with van der Waals surface area (Å²) in [5.41, 5.74) is 0. The van der Waals surface area contributed by atoms with Gasteiger partial charge in [-0.3, -0.25) is 0 Å². The largest absolute Gasteiger partial charge is 0.287 e. The highest BCUT2D eigenvalue weighted by molar-refractivity contribution is 8.00. The molecule has 90 valence electrons. The molecule has 0 N–H and O–H groups in total. The maximum Gasteiger partial charge on any atom is 0.287 e. The summed E-state index contributed by atoms with van der Waals surface area (Å²) in [5.74, 6) is 1.51. The average molecular weight is 280 g/mol. The minimum absolute atomic E-state index is 0.205. The Hall–Kier alpha value is -0.390. The van der Waals surface area contributed by atoms with Gasteiger partial charge in [0.15, 0.2) is 0 Å². The summed E-state index contributed by atoms with van der Waals surface area (Å²) in [7, 11) is -3.93. The van der Waals surface area contributed by atoms with Crippen molar-refractivity contribution in [3.05, 3.63) is 29.3 Å². The zero-order valence-corrected chi connectivity index (χ0v) is 11.6. The fourth-order valence-corrected chi connectivity index (χ4v) is 4.41. The predicted molar refractivity (Wildman–Crippen MR) is 69.5 cm³/mol. The SMILES string of the molecule is CCS(CC)=NS(=O)(=O)c1ccc(Cl)cc1. The van der Waals surface area contributed by atoms with E-state index in [0.717, 1.165) is 11.5 Å². The third-order valence-corrected chi connectivity index (χ3v) is 6.06. The van der Waals surface area contributed by atoms with Crippen molar-refractivity contribution in [2.75, 3.05) is 11.5 Å². The molecule has 0 saturated heterocycles. The molecule has 0 aliphatic heterocycles. The van der Waals surface area contributed by atoms with Gasteiger partial charge in [0.1, 0.15) is 0 Å². The lowest BCUT2D eigenvalue weighted by Crippen LogP contribution is -2.03. The van der Waals surface area contributed by atoms with Crippen LogP contribution >= 0.6 is 11.6 Å². The first-order valence-corrected chi connectivity index (χ1v) is 8.24. The number of rotatable bonds is 4. The second-order valence-electron chi connectivity index (χ2n) is 3.04. The molecule has 0 atom stereocenters. The highest BCUT2D eigenvalue weighted by Crippen LogP contribution is 2.16. The molecule has 0 aliphatic rings. The monoisotopic (exact) mass is 279 g/mol. The van der Waals surface area contributed by atoms with Crippen molar-refractivity contribution in [2.45, 2.75) is 18.7 Å². The minimum atomic E-state index is -3.52. The Morgan fingerprint density at radius 1 is 1.19 bits per heavy atom. The molecule has 3 nitrogen and oxygen atoms in total. The average Bonchev–Trinajstić information content (AvgIpc) is 2.26. The maximum absolute atomic E-state index is 11.9. The molecule has 0 bridgehead atoms. The Balaban J connectivity index is 3.12. The first-order chi connectivity index (χ1) is 7.49. The summed E-state index contributed by atoms with van der Waals surface area (Å²) in [5, 5.41) is 0.518. The minimum Gasteiger partial charge on any atom is -0.199 e. The second-order valence-corrected chi connectivity index (χ2v) is 7.58. The zero-order valence-electron chi connectivity index (χ0n) is 9.18. The molecule has 16 heavy (non-hydrogen) atoms. The Bertz CT molecular complexity index is 474. The Kier molecular flexibility index (Phi) is 4.95. The number of nitrogens with zero attached hydrogens (tertiary/aromatic N) is 1. The standard InChI is InChI=1S/C10H14ClNO2S2/c1-3-15(4-2)12-16(13,14)10-7-5-9(11)6-8-10/h5-8H,3-4H2,1-2H3. The van der Waals surface area contributed by atoms with Crippen LogP contribution in [0.4, 0.5) is 0 Å². The summed E-state index contributed by atoms with van der Waals surface area (Å²) in [4.78, 5) is 0.205. The third kappa shape index (κ3) is 3.57. The van der Waals surface area contributed by atoms with E-state index in [0.29, 0.717) is 5.02 Å². The van der Waals surface area contributed by atoms with Crippen molar-refractivity contribution in [3.8, 4) is 0 Å². The van der Waals surface area contributed by atoms with Crippen LogP contribution in [0.2, 0.25) is 5.02 Å². The molecule has 6 heteroatoms. The Morgan fingerprint density at radius 3 is 2.12 bits per heavy atom. The van der Waals surface area contributed by atoms with Gasteiger partial charge in [0.2, 0.25) is 0 Å². The summed E-state index contributed by atoms with van der Waals surface area (Å²) < 4.78 is 27.6. The molecule has 1 aromatic rings. The smallest absolute Gasteiger partial charge is 0.199 e. The fraction of sp³-hybridized carbons (Fsp3) is 0.400. The summed E-state index contributed by atoms with van der Waals surface area (Å²) >= 11 is 5.70. The van der Waals surface area contributed by atoms with Gasteiger partial charge in [-0.25, -0.2) is 0 Å². The van der Waals surface area contributed by atoms with Crippen LogP contribution in [0.15, 0.2) is 32.9 Å². The highest BCUT2D eigenvalue weighted by Gasteiger charge is 2.12. The van der Waals surface area contributed by atoms with Gasteiger partial charge in [0.25, 0.3) is 10.0 Å². The molecule has 0 aliphatic carbocycles. The quantitative estimate of drug-likeness (QED) is 0.851. The van der Waals surface area contributed by atoms with Crippen LogP contribution in [0, 0.1) is 0 Å². The molecular weight excluding hydrogens is 266 g/mol. The van der Waals surface area contributed by atoms with Gasteiger partial charge in [-0.15, -0.1) is 3.77 Å². The molecule has 0 fully saturated rings. The number of benzene rings is 1. The van der Waals surface area contributed by atoms with E-state index in [9.17, 15) is 8.42 Å². The lowest BCUT2D eigenvalue weighted by atomic mass is 10.4. The molecule has 0 saturated carbocycles. The number of halogens is 1. The Morgan fingerprint density at radius 2 is 1.69 bits per heavy atom. The topological polar surface area (TPSA) is 46.5 Å². The van der Waals surface area contributed by atoms with E-state index in [1.54, 1.807) is 12.1 Å². The van der Waals surface area contributed by atoms with Crippen LogP contribution in [0.25, 0.3) is 0 Å². The molecule has 0 aromatic heterocycles. The van der Waals surface area contributed by atoms with Crippen molar-refractivity contribution in [1.82, 2.24) is 0 Å². The second kappa shape index (κ2) is 5.80. The van der Waals surface area contributed by atoms with Gasteiger partial charge >= 0.3 is 0 Å². The van der Waals surface area contributed by atoms with E-state index in [1.807, 2.05) is 13.8 Å². The van der Waals surface area contributed by atoms with Gasteiger partial charge in [-0.2, -0.15) is 8.42 Å². The van der Waals surface area contributed by atoms with E-state index in [2.05, 4.69) is 3.77 Å². The highest BCUT2D eigenvalue weighted by atomic mass is 35.5. The number of sulfonamides is 1. The van der Waals surface area contributed by atoms with Crippen LogP contribution in [0.5, 0.6) is 0 Å². The van der Waals surface area contributed by atoms with Crippen molar-refractivity contribution >= 4 is 32.3 Å². The predicted octanol–water partition coefficient (Wildman–Crippen LogP) is 2.87. The van der Waals surface area contributed by atoms with Crippen molar-refractivity contribution in [3.63, 3.8) is 0 Å². The van der Waals surface area contributed by atoms with Crippen molar-refractivity contribution in [2.24, 2.45) is 3.77 Å². The molecule has 0 amide bonds. The van der Waals surface area contributed by atoms with Gasteiger partial charge in [0, 0.05) is 16.5 Å². The summed E-state index contributed by atoms with van der Waals surface area (Å²) in [6, 6.07) is 6.07. The molecule has 0 spiro atoms. The lowest BCUT2D eigenvalue weighted by molar-refractivity contribution is 0.598. The number of hydrogen-bond donors (Lipinski definition) is 0. The van der Waals surface area contributed by atoms with Crippen LogP contribution in [0.1, 0.15) is 13.8 Å². The van der Waals surface area contributed by atoms with Crippen LogP contribution < -0.4 is 0 Å². The van der Waals surface area contributed by atoms with E-state index in [1.165, 1.54) is 12.1 Å². The van der Waals surface area contributed by atoms with E-state index in [4.69, 9.17) is 11.6 Å². The van der Waals surface area contributed by atoms with Crippen LogP contribution in [-0.2, 0) is 20.7 Å². The van der Waals surface area contributed by atoms with Gasteiger partial charge in [-0.1, -0.05) is 36.1 Å². The first-order valence-electron chi connectivity index (χ1n) is 4.90. The number of hydrogen-bond acceptors (Lipinski definition) is 2. The van der Waals surface area contributed by atoms with Gasteiger partial charge in [0.05, 0.1) is 4.90 Å². The zero-order chi connectivity index (χ0) is 12.2. The van der Waals surface area contributed by atoms with Crippen LogP contribution in [-0.4, -0.2) is 19.9 Å². The lowest BCUT2D eigenvalue weighted by Gasteiger charge is -2.03. The maximum atomic E-state index is 11.9. The summed E-state index contributed by atoms with van der Waals surface area (Å²) in [6.45, 7) is 3.88. The van der Waals surface area contributed by atoms with Gasteiger partial charge in [-0.05, 0) is 24.3 Å². The van der Waals surface area contributed by atoms with Crippen molar-refractivity contribution < 1.29 is 8.42 Å². The fourth-order valence-electron chi connectivity index (χ4n) is 1.10. The summed E-state index contributed by atoms with van der Waals surface area (Å²) in [6.07, 6.45) is 0. The molecular formula is C10H14ClNO2S2. The molecule has 1 rings (SSSR count). The Labute approximate surface area is 104 Å². The molecule has 0 unspecified atom stereocenters. The van der Waals surface area contributed by atoms with E-state index >= 15 is 0 Å². The molecule has 0 radical (unpaired) electrons. The normalized spacial score (nSPS) is 11.8. The van der Waals surface area contributed by atoms with Crippen molar-refractivity contribution in [1.29, 1.82) is 0 Å². The van der Waals surface area contributed by atoms with Crippen LogP contribution in [0.3, 0.4) is 0 Å². The molecule has 1 aromatic carbocycles. The van der Waals surface area contributed by atoms with E-state index in [-0.39, 0.29) is 4.90 Å².